The fraction of sp³-hybridized carbons (Fsp3) is 0.200. The fourth-order valence-electron chi connectivity index (χ4n) is 2.59. The molecule has 29 heavy (non-hydrogen) atoms. The third-order valence-corrected chi connectivity index (χ3v) is 4.42. The van der Waals surface area contributed by atoms with Gasteiger partial charge in [0.15, 0.2) is 0 Å². The van der Waals surface area contributed by atoms with Crippen LogP contribution >= 0.6 is 11.6 Å². The first-order chi connectivity index (χ1) is 14.2. The molecule has 0 spiro atoms. The Labute approximate surface area is 173 Å². The van der Waals surface area contributed by atoms with Crippen LogP contribution in [0.2, 0.25) is 5.02 Å². The van der Waals surface area contributed by atoms with Gasteiger partial charge in [-0.15, -0.1) is 0 Å². The van der Waals surface area contributed by atoms with Crippen LogP contribution in [-0.4, -0.2) is 40.2 Å². The molecule has 3 rings (SSSR count). The van der Waals surface area contributed by atoms with Crippen molar-refractivity contribution < 1.29 is 4.79 Å². The number of rotatable bonds is 9. The van der Waals surface area contributed by atoms with E-state index < -0.39 is 0 Å². The fourth-order valence-corrected chi connectivity index (χ4v) is 2.78. The van der Waals surface area contributed by atoms with Crippen LogP contribution in [0.25, 0.3) is 11.0 Å². The van der Waals surface area contributed by atoms with E-state index in [1.165, 1.54) is 12.4 Å². The van der Waals surface area contributed by atoms with Crippen molar-refractivity contribution in [1.29, 1.82) is 0 Å². The lowest BCUT2D eigenvalue weighted by Crippen LogP contribution is -2.26. The largest absolute Gasteiger partial charge is 0.404 e. The number of hydrogen-bond acceptors (Lipinski definition) is 6. The van der Waals surface area contributed by atoms with Crippen molar-refractivity contribution in [3.8, 4) is 0 Å². The minimum Gasteiger partial charge on any atom is -0.404 e. The van der Waals surface area contributed by atoms with Crippen molar-refractivity contribution >= 4 is 34.8 Å². The molecule has 8 nitrogen and oxygen atoms in total. The van der Waals surface area contributed by atoms with E-state index in [0.29, 0.717) is 30.4 Å². The van der Waals surface area contributed by atoms with Crippen molar-refractivity contribution in [1.82, 2.24) is 25.6 Å². The molecule has 0 saturated heterocycles. The Bertz CT molecular complexity index is 995. The normalized spacial score (nSPS) is 12.0. The number of amides is 1. The van der Waals surface area contributed by atoms with Crippen LogP contribution in [0.1, 0.15) is 11.5 Å². The molecule has 2 heterocycles. The molecular weight excluding hydrogens is 390 g/mol. The number of pyridine rings is 1. The summed E-state index contributed by atoms with van der Waals surface area (Å²) in [4.78, 5) is 28.3. The summed E-state index contributed by atoms with van der Waals surface area (Å²) >= 11 is 6.03. The Hall–Kier alpha value is -3.23. The smallest absolute Gasteiger partial charge is 0.254 e. The van der Waals surface area contributed by atoms with Crippen LogP contribution in [-0.2, 0) is 17.9 Å². The number of benzene rings is 1. The predicted molar refractivity (Wildman–Crippen MR) is 115 cm³/mol. The highest BCUT2D eigenvalue weighted by Gasteiger charge is 2.08. The zero-order valence-electron chi connectivity index (χ0n) is 15.7. The molecule has 0 aliphatic rings. The maximum absolute atomic E-state index is 12.2. The Morgan fingerprint density at radius 2 is 2.10 bits per heavy atom. The van der Waals surface area contributed by atoms with E-state index in [1.807, 2.05) is 24.3 Å². The van der Waals surface area contributed by atoms with Gasteiger partial charge >= 0.3 is 0 Å². The molecule has 0 bridgehead atoms. The molecule has 150 valence electrons. The summed E-state index contributed by atoms with van der Waals surface area (Å²) in [6, 6.07) is 11.3. The SMILES string of the molecule is NC=C(C=NCCNCc1nc2ccccc2[nH]1)C(=O)NCc1ncccc1Cl. The lowest BCUT2D eigenvalue weighted by atomic mass is 10.2. The number of aliphatic imine (C=N–C) groups is 1. The molecule has 5 N–H and O–H groups in total. The third kappa shape index (κ3) is 5.87. The first-order valence-corrected chi connectivity index (χ1v) is 9.49. The van der Waals surface area contributed by atoms with Gasteiger partial charge in [-0.3, -0.25) is 14.8 Å². The molecule has 0 aliphatic carbocycles. The summed E-state index contributed by atoms with van der Waals surface area (Å²) in [7, 11) is 0. The Balaban J connectivity index is 1.39. The van der Waals surface area contributed by atoms with Crippen LogP contribution in [0.3, 0.4) is 0 Å². The molecule has 9 heteroatoms. The van der Waals surface area contributed by atoms with Gasteiger partial charge in [-0.05, 0) is 24.3 Å². The monoisotopic (exact) mass is 411 g/mol. The van der Waals surface area contributed by atoms with Crippen LogP contribution < -0.4 is 16.4 Å². The number of nitrogens with one attached hydrogen (secondary N) is 3. The number of hydrogen-bond donors (Lipinski definition) is 4. The lowest BCUT2D eigenvalue weighted by molar-refractivity contribution is -0.117. The molecule has 0 atom stereocenters. The highest BCUT2D eigenvalue weighted by molar-refractivity contribution is 6.31. The van der Waals surface area contributed by atoms with Gasteiger partial charge in [0, 0.05) is 25.2 Å². The second-order valence-corrected chi connectivity index (χ2v) is 6.56. The zero-order valence-corrected chi connectivity index (χ0v) is 16.5. The molecule has 0 saturated carbocycles. The van der Waals surface area contributed by atoms with E-state index in [-0.39, 0.29) is 18.0 Å². The molecule has 0 aliphatic heterocycles. The number of halogens is 1. The van der Waals surface area contributed by atoms with Crippen molar-refractivity contribution in [3.63, 3.8) is 0 Å². The molecule has 0 fully saturated rings. The number of para-hydroxylation sites is 2. The number of imidazole rings is 1. The van der Waals surface area contributed by atoms with Crippen LogP contribution in [0.4, 0.5) is 0 Å². The summed E-state index contributed by atoms with van der Waals surface area (Å²) in [5, 5.41) is 6.47. The number of aromatic nitrogens is 3. The number of carbonyl (C=O) groups excluding carboxylic acids is 1. The summed E-state index contributed by atoms with van der Waals surface area (Å²) in [5.74, 6) is 0.526. The van der Waals surface area contributed by atoms with E-state index in [0.717, 1.165) is 16.9 Å². The minimum absolute atomic E-state index is 0.211. The molecule has 0 unspecified atom stereocenters. The van der Waals surface area contributed by atoms with Crippen LogP contribution in [0.5, 0.6) is 0 Å². The standard InChI is InChI=1S/C20H22ClN7O/c21-15-4-3-7-25-18(15)12-26-20(29)14(10-22)11-23-8-9-24-13-19-27-16-5-1-2-6-17(16)28-19/h1-7,10-11,24H,8-9,12-13,22H2,(H,26,29)(H,27,28). The number of carbonyl (C=O) groups is 1. The minimum atomic E-state index is -0.340. The number of H-pyrrole nitrogens is 1. The number of fused-ring (bicyclic) bond motifs is 1. The summed E-state index contributed by atoms with van der Waals surface area (Å²) < 4.78 is 0. The lowest BCUT2D eigenvalue weighted by Gasteiger charge is -2.06. The van der Waals surface area contributed by atoms with Gasteiger partial charge in [-0.25, -0.2) is 4.98 Å². The Morgan fingerprint density at radius 3 is 2.90 bits per heavy atom. The van der Waals surface area contributed by atoms with E-state index >= 15 is 0 Å². The quantitative estimate of drug-likeness (QED) is 0.243. The first kappa shape index (κ1) is 20.5. The summed E-state index contributed by atoms with van der Waals surface area (Å²) in [6.07, 6.45) is 4.30. The van der Waals surface area contributed by atoms with Crippen LogP contribution in [0, 0.1) is 0 Å². The average Bonchev–Trinajstić information content (AvgIpc) is 3.15. The number of aromatic amines is 1. The third-order valence-electron chi connectivity index (χ3n) is 4.07. The zero-order chi connectivity index (χ0) is 20.5. The summed E-state index contributed by atoms with van der Waals surface area (Å²) in [5.41, 5.74) is 8.36. The summed E-state index contributed by atoms with van der Waals surface area (Å²) in [6.45, 7) is 1.95. The molecule has 1 amide bonds. The molecule has 1 aromatic carbocycles. The van der Waals surface area contributed by atoms with Crippen molar-refractivity contribution in [2.24, 2.45) is 10.7 Å². The highest BCUT2D eigenvalue weighted by atomic mass is 35.5. The van der Waals surface area contributed by atoms with Gasteiger partial charge < -0.3 is 21.4 Å². The average molecular weight is 412 g/mol. The maximum Gasteiger partial charge on any atom is 0.254 e. The molecule has 2 aromatic heterocycles. The van der Waals surface area contributed by atoms with E-state index in [1.54, 1.807) is 18.3 Å². The van der Waals surface area contributed by atoms with E-state index in [4.69, 9.17) is 17.3 Å². The highest BCUT2D eigenvalue weighted by Crippen LogP contribution is 2.11. The topological polar surface area (TPSA) is 121 Å². The number of nitrogens with two attached hydrogens (primary N) is 1. The number of nitrogens with zero attached hydrogens (tertiary/aromatic N) is 3. The Kier molecular flexibility index (Phi) is 7.32. The van der Waals surface area contributed by atoms with E-state index in [2.05, 4.69) is 30.6 Å². The van der Waals surface area contributed by atoms with Crippen molar-refractivity contribution in [2.75, 3.05) is 13.1 Å². The van der Waals surface area contributed by atoms with Gasteiger partial charge in [0.25, 0.3) is 5.91 Å². The van der Waals surface area contributed by atoms with Crippen molar-refractivity contribution in [3.05, 3.63) is 70.9 Å². The van der Waals surface area contributed by atoms with Gasteiger partial charge in [0.2, 0.25) is 0 Å². The van der Waals surface area contributed by atoms with Gasteiger partial charge in [-0.2, -0.15) is 0 Å². The van der Waals surface area contributed by atoms with Gasteiger partial charge in [0.1, 0.15) is 5.82 Å². The van der Waals surface area contributed by atoms with Crippen molar-refractivity contribution in [2.45, 2.75) is 13.1 Å². The maximum atomic E-state index is 12.2. The first-order valence-electron chi connectivity index (χ1n) is 9.11. The van der Waals surface area contributed by atoms with Crippen LogP contribution in [0.15, 0.2) is 59.4 Å². The second-order valence-electron chi connectivity index (χ2n) is 6.15. The van der Waals surface area contributed by atoms with Gasteiger partial charge in [-0.1, -0.05) is 23.7 Å². The molecule has 3 aromatic rings. The van der Waals surface area contributed by atoms with Gasteiger partial charge in [0.05, 0.1) is 47.0 Å². The van der Waals surface area contributed by atoms with E-state index in [9.17, 15) is 4.79 Å². The molecular formula is C20H22ClN7O. The molecule has 0 radical (unpaired) electrons. The Morgan fingerprint density at radius 1 is 1.24 bits per heavy atom. The second kappa shape index (κ2) is 10.4. The predicted octanol–water partition coefficient (Wildman–Crippen LogP) is 1.93.